The molecule has 90 valence electrons. The molecule has 2 aromatic rings. The van der Waals surface area contributed by atoms with E-state index in [0.29, 0.717) is 0 Å². The molecule has 2 heterocycles. The molecule has 2 aliphatic rings. The van der Waals surface area contributed by atoms with Crippen molar-refractivity contribution in [1.82, 2.24) is 0 Å². The van der Waals surface area contributed by atoms with Crippen LogP contribution in [-0.2, 0) is 5.41 Å². The van der Waals surface area contributed by atoms with E-state index in [-0.39, 0.29) is 11.6 Å². The van der Waals surface area contributed by atoms with Crippen LogP contribution < -0.4 is 10.1 Å². The fraction of sp³-hybridized carbons (Fsp3) is 0.250. The van der Waals surface area contributed by atoms with E-state index < -0.39 is 0 Å². The van der Waals surface area contributed by atoms with Gasteiger partial charge in [-0.2, -0.15) is 0 Å². The van der Waals surface area contributed by atoms with E-state index in [4.69, 9.17) is 4.74 Å². The number of ether oxygens (including phenoxy) is 1. The number of rotatable bonds is 0. The van der Waals surface area contributed by atoms with Gasteiger partial charge in [0, 0.05) is 11.3 Å². The highest BCUT2D eigenvalue weighted by molar-refractivity contribution is 5.68. The number of hydrogen-bond donors (Lipinski definition) is 1. The van der Waals surface area contributed by atoms with Crippen LogP contribution in [0.2, 0.25) is 0 Å². The summed E-state index contributed by atoms with van der Waals surface area (Å²) < 4.78 is 6.06. The second-order valence-electron chi connectivity index (χ2n) is 5.39. The van der Waals surface area contributed by atoms with Crippen molar-refractivity contribution >= 4 is 5.69 Å². The van der Waals surface area contributed by atoms with Crippen molar-refractivity contribution < 1.29 is 4.74 Å². The van der Waals surface area contributed by atoms with Crippen molar-refractivity contribution in [2.75, 3.05) is 5.32 Å². The van der Waals surface area contributed by atoms with Gasteiger partial charge in [-0.1, -0.05) is 35.9 Å². The third kappa shape index (κ3) is 1.03. The molecular formula is C16H15NO. The molecule has 0 radical (unpaired) electrons. The molecule has 1 N–H and O–H groups in total. The molecule has 2 aromatic carbocycles. The second-order valence-corrected chi connectivity index (χ2v) is 5.39. The first-order chi connectivity index (χ1) is 8.69. The highest BCUT2D eigenvalue weighted by Gasteiger charge is 2.51. The van der Waals surface area contributed by atoms with Crippen LogP contribution in [0.4, 0.5) is 5.69 Å². The maximum atomic E-state index is 6.06. The predicted molar refractivity (Wildman–Crippen MR) is 72.1 cm³/mol. The van der Waals surface area contributed by atoms with Crippen LogP contribution in [-0.4, -0.2) is 6.23 Å². The number of benzene rings is 2. The Morgan fingerprint density at radius 3 is 2.83 bits per heavy atom. The highest BCUT2D eigenvalue weighted by Crippen LogP contribution is 2.53. The Labute approximate surface area is 107 Å². The molecule has 0 saturated carbocycles. The SMILES string of the molecule is Cc1ccc2c(c1)[C@@]1(C)c3ccccc3N[C@H]1O2. The fourth-order valence-corrected chi connectivity index (χ4v) is 3.20. The van der Waals surface area contributed by atoms with Crippen LogP contribution >= 0.6 is 0 Å². The Bertz CT molecular complexity index is 649. The van der Waals surface area contributed by atoms with Gasteiger partial charge < -0.3 is 10.1 Å². The zero-order chi connectivity index (χ0) is 12.3. The van der Waals surface area contributed by atoms with E-state index in [2.05, 4.69) is 61.6 Å². The molecule has 2 nitrogen and oxygen atoms in total. The van der Waals surface area contributed by atoms with Gasteiger partial charge in [-0.05, 0) is 31.5 Å². The smallest absolute Gasteiger partial charge is 0.183 e. The van der Waals surface area contributed by atoms with Gasteiger partial charge in [-0.25, -0.2) is 0 Å². The first-order valence-corrected chi connectivity index (χ1v) is 6.33. The molecule has 0 bridgehead atoms. The van der Waals surface area contributed by atoms with Gasteiger partial charge in [0.05, 0.1) is 5.41 Å². The van der Waals surface area contributed by atoms with E-state index in [9.17, 15) is 0 Å². The number of nitrogens with one attached hydrogen (secondary N) is 1. The van der Waals surface area contributed by atoms with Crippen LogP contribution in [0.5, 0.6) is 5.75 Å². The Morgan fingerprint density at radius 2 is 1.94 bits per heavy atom. The van der Waals surface area contributed by atoms with Gasteiger partial charge >= 0.3 is 0 Å². The average molecular weight is 237 g/mol. The van der Waals surface area contributed by atoms with Gasteiger partial charge in [0.2, 0.25) is 0 Å². The minimum absolute atomic E-state index is 0.0201. The molecule has 0 aromatic heterocycles. The monoisotopic (exact) mass is 237 g/mol. The van der Waals surface area contributed by atoms with Crippen molar-refractivity contribution in [2.24, 2.45) is 0 Å². The van der Waals surface area contributed by atoms with E-state index in [1.807, 2.05) is 0 Å². The molecule has 4 rings (SSSR count). The minimum Gasteiger partial charge on any atom is -0.469 e. The van der Waals surface area contributed by atoms with Gasteiger partial charge in [-0.15, -0.1) is 0 Å². The van der Waals surface area contributed by atoms with Crippen LogP contribution in [0.3, 0.4) is 0 Å². The van der Waals surface area contributed by atoms with Gasteiger partial charge in [-0.3, -0.25) is 0 Å². The first-order valence-electron chi connectivity index (χ1n) is 6.33. The van der Waals surface area contributed by atoms with Crippen LogP contribution in [0, 0.1) is 6.92 Å². The first kappa shape index (κ1) is 10.0. The summed E-state index contributed by atoms with van der Waals surface area (Å²) >= 11 is 0. The molecule has 0 saturated heterocycles. The van der Waals surface area contributed by atoms with E-state index in [1.54, 1.807) is 0 Å². The third-order valence-corrected chi connectivity index (χ3v) is 4.24. The molecule has 18 heavy (non-hydrogen) atoms. The lowest BCUT2D eigenvalue weighted by molar-refractivity contribution is 0.217. The Kier molecular flexibility index (Phi) is 1.71. The molecule has 0 aliphatic carbocycles. The largest absolute Gasteiger partial charge is 0.469 e. The van der Waals surface area contributed by atoms with Crippen LogP contribution in [0.15, 0.2) is 42.5 Å². The lowest BCUT2D eigenvalue weighted by Crippen LogP contribution is -2.35. The van der Waals surface area contributed by atoms with E-state index in [0.717, 1.165) is 5.75 Å². The number of para-hydroxylation sites is 1. The maximum absolute atomic E-state index is 6.06. The quantitative estimate of drug-likeness (QED) is 0.757. The molecule has 2 aliphatic heterocycles. The summed E-state index contributed by atoms with van der Waals surface area (Å²) in [5.41, 5.74) is 5.03. The number of fused-ring (bicyclic) bond motifs is 5. The topological polar surface area (TPSA) is 21.3 Å². The zero-order valence-corrected chi connectivity index (χ0v) is 10.5. The summed E-state index contributed by atoms with van der Waals surface area (Å²) in [4.78, 5) is 0. The predicted octanol–water partition coefficient (Wildman–Crippen LogP) is 3.45. The molecule has 0 fully saturated rings. The summed E-state index contributed by atoms with van der Waals surface area (Å²) in [6.45, 7) is 4.40. The Balaban J connectivity index is 2.00. The van der Waals surface area contributed by atoms with Gasteiger partial charge in [0.1, 0.15) is 5.75 Å². The van der Waals surface area contributed by atoms with Crippen LogP contribution in [0.25, 0.3) is 0 Å². The second kappa shape index (κ2) is 3.08. The van der Waals surface area contributed by atoms with Crippen molar-refractivity contribution in [1.29, 1.82) is 0 Å². The summed E-state index contributed by atoms with van der Waals surface area (Å²) in [6, 6.07) is 14.9. The molecule has 0 spiro atoms. The van der Waals surface area contributed by atoms with Crippen molar-refractivity contribution in [3.05, 3.63) is 59.2 Å². The number of anilines is 1. The molecule has 2 heteroatoms. The van der Waals surface area contributed by atoms with Crippen molar-refractivity contribution in [3.8, 4) is 5.75 Å². The van der Waals surface area contributed by atoms with Crippen molar-refractivity contribution in [3.63, 3.8) is 0 Å². The van der Waals surface area contributed by atoms with Crippen LogP contribution in [0.1, 0.15) is 23.6 Å². The molecule has 2 atom stereocenters. The van der Waals surface area contributed by atoms with E-state index in [1.165, 1.54) is 22.4 Å². The Morgan fingerprint density at radius 1 is 1.11 bits per heavy atom. The van der Waals surface area contributed by atoms with Gasteiger partial charge in [0.15, 0.2) is 6.23 Å². The fourth-order valence-electron chi connectivity index (χ4n) is 3.20. The van der Waals surface area contributed by atoms with Crippen molar-refractivity contribution in [2.45, 2.75) is 25.5 Å². The summed E-state index contributed by atoms with van der Waals surface area (Å²) in [5.74, 6) is 1.01. The lowest BCUT2D eigenvalue weighted by atomic mass is 9.77. The summed E-state index contributed by atoms with van der Waals surface area (Å²) in [6.07, 6.45) is 0.0201. The summed E-state index contributed by atoms with van der Waals surface area (Å²) in [5, 5.41) is 3.48. The average Bonchev–Trinajstić information content (AvgIpc) is 2.80. The normalized spacial score (nSPS) is 26.9. The standard InChI is InChI=1S/C16H15NO/c1-10-7-8-14-12(9-10)16(2)11-5-3-4-6-13(11)17-15(16)18-14/h3-9,15,17H,1-2H3/t15-,16+/m0/s1. The highest BCUT2D eigenvalue weighted by atomic mass is 16.5. The lowest BCUT2D eigenvalue weighted by Gasteiger charge is -2.23. The minimum atomic E-state index is -0.0715. The van der Waals surface area contributed by atoms with Gasteiger partial charge in [0.25, 0.3) is 0 Å². The molecule has 0 amide bonds. The summed E-state index contributed by atoms with van der Waals surface area (Å²) in [7, 11) is 0. The molecular weight excluding hydrogens is 222 g/mol. The third-order valence-electron chi connectivity index (χ3n) is 4.24. The molecule has 0 unspecified atom stereocenters. The maximum Gasteiger partial charge on any atom is 0.183 e. The zero-order valence-electron chi connectivity index (χ0n) is 10.5. The number of aryl methyl sites for hydroxylation is 1. The van der Waals surface area contributed by atoms with E-state index >= 15 is 0 Å². The Hall–Kier alpha value is -1.96. The number of hydrogen-bond acceptors (Lipinski definition) is 2.